The largest absolute Gasteiger partial charge is 0.467 e. The topological polar surface area (TPSA) is 69.9 Å². The summed E-state index contributed by atoms with van der Waals surface area (Å²) in [6.07, 6.45) is 1.84. The van der Waals surface area contributed by atoms with Crippen molar-refractivity contribution in [3.63, 3.8) is 0 Å². The van der Waals surface area contributed by atoms with Crippen molar-refractivity contribution < 1.29 is 19.1 Å². The molecule has 1 unspecified atom stereocenters. The maximum atomic E-state index is 11.9. The Morgan fingerprint density at radius 3 is 2.52 bits per heavy atom. The van der Waals surface area contributed by atoms with Gasteiger partial charge in [-0.1, -0.05) is 12.1 Å². The van der Waals surface area contributed by atoms with Crippen LogP contribution in [0.25, 0.3) is 0 Å². The molecule has 1 atom stereocenters. The normalized spacial score (nSPS) is 16.3. The molecule has 0 saturated heterocycles. The number of fused-ring (bicyclic) bond motifs is 1. The molecule has 1 aliphatic heterocycles. The lowest BCUT2D eigenvalue weighted by Gasteiger charge is -2.23. The SMILES string of the molecule is COC(=O)c1ccc(C2=NCC(C(=O)OC)n3cccc32)cc1. The number of aliphatic imine (C=N–C) groups is 1. The summed E-state index contributed by atoms with van der Waals surface area (Å²) in [7, 11) is 2.72. The number of methoxy groups -OCH3 is 2. The van der Waals surface area contributed by atoms with Gasteiger partial charge in [-0.2, -0.15) is 0 Å². The van der Waals surface area contributed by atoms with Gasteiger partial charge in [-0.3, -0.25) is 4.99 Å². The molecule has 0 spiro atoms. The first-order valence-corrected chi connectivity index (χ1v) is 7.14. The van der Waals surface area contributed by atoms with Gasteiger partial charge in [0.2, 0.25) is 0 Å². The molecule has 0 aliphatic carbocycles. The zero-order chi connectivity index (χ0) is 16.4. The van der Waals surface area contributed by atoms with E-state index in [2.05, 4.69) is 4.99 Å². The van der Waals surface area contributed by atoms with Gasteiger partial charge in [-0.15, -0.1) is 0 Å². The molecule has 2 aromatic rings. The van der Waals surface area contributed by atoms with Gasteiger partial charge < -0.3 is 14.0 Å². The minimum atomic E-state index is -0.442. The van der Waals surface area contributed by atoms with Gasteiger partial charge in [0.1, 0.15) is 0 Å². The third-order valence-electron chi connectivity index (χ3n) is 3.83. The average molecular weight is 312 g/mol. The van der Waals surface area contributed by atoms with Crippen LogP contribution in [0.3, 0.4) is 0 Å². The predicted octanol–water partition coefficient (Wildman–Crippen LogP) is 1.84. The number of nitrogens with zero attached hydrogens (tertiary/aromatic N) is 2. The van der Waals surface area contributed by atoms with Crippen LogP contribution in [0.5, 0.6) is 0 Å². The summed E-state index contributed by atoms with van der Waals surface area (Å²) in [5.41, 5.74) is 2.99. The number of carbonyl (C=O) groups excluding carboxylic acids is 2. The van der Waals surface area contributed by atoms with Gasteiger partial charge in [0, 0.05) is 11.8 Å². The molecule has 0 saturated carbocycles. The summed E-state index contributed by atoms with van der Waals surface area (Å²) in [4.78, 5) is 27.9. The van der Waals surface area contributed by atoms with E-state index in [4.69, 9.17) is 9.47 Å². The van der Waals surface area contributed by atoms with Crippen LogP contribution in [0.4, 0.5) is 0 Å². The Morgan fingerprint density at radius 1 is 1.13 bits per heavy atom. The van der Waals surface area contributed by atoms with Crippen molar-refractivity contribution in [2.75, 3.05) is 20.8 Å². The fraction of sp³-hybridized carbons (Fsp3) is 0.235. The first-order chi connectivity index (χ1) is 11.2. The number of hydrogen-bond donors (Lipinski definition) is 0. The molecule has 6 heteroatoms. The fourth-order valence-electron chi connectivity index (χ4n) is 2.66. The van der Waals surface area contributed by atoms with E-state index in [1.807, 2.05) is 35.0 Å². The van der Waals surface area contributed by atoms with E-state index < -0.39 is 6.04 Å². The molecule has 0 bridgehead atoms. The van der Waals surface area contributed by atoms with Crippen molar-refractivity contribution in [1.29, 1.82) is 0 Å². The summed E-state index contributed by atoms with van der Waals surface area (Å²) in [5.74, 6) is -0.692. The summed E-state index contributed by atoms with van der Waals surface area (Å²) in [6.45, 7) is 0.322. The van der Waals surface area contributed by atoms with Crippen LogP contribution < -0.4 is 0 Å². The molecule has 6 nitrogen and oxygen atoms in total. The Balaban J connectivity index is 1.95. The van der Waals surface area contributed by atoms with Crippen LogP contribution >= 0.6 is 0 Å². The van der Waals surface area contributed by atoms with Crippen LogP contribution in [0.2, 0.25) is 0 Å². The maximum absolute atomic E-state index is 11.9. The number of benzene rings is 1. The molecule has 1 aromatic heterocycles. The number of carbonyl (C=O) groups is 2. The summed E-state index contributed by atoms with van der Waals surface area (Å²) >= 11 is 0. The van der Waals surface area contributed by atoms with Crippen molar-refractivity contribution in [1.82, 2.24) is 4.57 Å². The summed E-state index contributed by atoms with van der Waals surface area (Å²) in [6, 6.07) is 10.4. The van der Waals surface area contributed by atoms with Crippen molar-refractivity contribution >= 4 is 17.7 Å². The molecule has 1 aromatic carbocycles. The Hall–Kier alpha value is -2.89. The van der Waals surface area contributed by atoms with Gasteiger partial charge in [-0.25, -0.2) is 9.59 Å². The number of ether oxygens (including phenoxy) is 2. The lowest BCUT2D eigenvalue weighted by molar-refractivity contribution is -0.144. The highest BCUT2D eigenvalue weighted by Gasteiger charge is 2.28. The number of hydrogen-bond acceptors (Lipinski definition) is 5. The Bertz CT molecular complexity index is 774. The Kier molecular flexibility index (Phi) is 3.97. The van der Waals surface area contributed by atoms with Crippen molar-refractivity contribution in [3.05, 3.63) is 59.4 Å². The van der Waals surface area contributed by atoms with Gasteiger partial charge in [0.15, 0.2) is 6.04 Å². The second kappa shape index (κ2) is 6.08. The highest BCUT2D eigenvalue weighted by molar-refractivity contribution is 6.13. The molecular weight excluding hydrogens is 296 g/mol. The predicted molar refractivity (Wildman–Crippen MR) is 83.8 cm³/mol. The Morgan fingerprint density at radius 2 is 1.87 bits per heavy atom. The molecule has 1 aliphatic rings. The lowest BCUT2D eigenvalue weighted by Crippen LogP contribution is -2.30. The highest BCUT2D eigenvalue weighted by atomic mass is 16.5. The molecule has 0 amide bonds. The van der Waals surface area contributed by atoms with Crippen LogP contribution in [0.15, 0.2) is 47.6 Å². The van der Waals surface area contributed by atoms with Crippen molar-refractivity contribution in [2.24, 2.45) is 4.99 Å². The molecule has 3 rings (SSSR count). The smallest absolute Gasteiger partial charge is 0.337 e. The molecule has 118 valence electrons. The van der Waals surface area contributed by atoms with Crippen LogP contribution in [-0.2, 0) is 14.3 Å². The van der Waals surface area contributed by atoms with E-state index in [-0.39, 0.29) is 11.9 Å². The molecule has 0 N–H and O–H groups in total. The third kappa shape index (κ3) is 2.63. The number of aromatic nitrogens is 1. The van der Waals surface area contributed by atoms with Gasteiger partial charge in [0.25, 0.3) is 0 Å². The average Bonchev–Trinajstić information content (AvgIpc) is 3.09. The second-order valence-corrected chi connectivity index (χ2v) is 5.10. The van der Waals surface area contributed by atoms with Crippen LogP contribution in [0, 0.1) is 0 Å². The molecule has 2 heterocycles. The van der Waals surface area contributed by atoms with E-state index in [9.17, 15) is 9.59 Å². The van der Waals surface area contributed by atoms with E-state index in [0.29, 0.717) is 12.1 Å². The fourth-order valence-corrected chi connectivity index (χ4v) is 2.66. The molecule has 0 fully saturated rings. The number of esters is 2. The first kappa shape index (κ1) is 15.0. The monoisotopic (exact) mass is 312 g/mol. The zero-order valence-electron chi connectivity index (χ0n) is 12.9. The number of rotatable bonds is 3. The van der Waals surface area contributed by atoms with Crippen LogP contribution in [0.1, 0.15) is 27.7 Å². The van der Waals surface area contributed by atoms with E-state index in [1.165, 1.54) is 14.2 Å². The maximum Gasteiger partial charge on any atom is 0.337 e. The standard InChI is InChI=1S/C17H16N2O4/c1-22-16(20)12-7-5-11(6-8-12)15-13-4-3-9-19(13)14(10-18-15)17(21)23-2/h3-9,14H,10H2,1-2H3. The van der Waals surface area contributed by atoms with Crippen molar-refractivity contribution in [2.45, 2.75) is 6.04 Å². The van der Waals surface area contributed by atoms with Crippen molar-refractivity contribution in [3.8, 4) is 0 Å². The summed E-state index contributed by atoms with van der Waals surface area (Å²) < 4.78 is 11.4. The summed E-state index contributed by atoms with van der Waals surface area (Å²) in [5, 5.41) is 0. The molecule has 23 heavy (non-hydrogen) atoms. The van der Waals surface area contributed by atoms with Gasteiger partial charge >= 0.3 is 11.9 Å². The van der Waals surface area contributed by atoms with E-state index >= 15 is 0 Å². The van der Waals surface area contributed by atoms with E-state index in [1.54, 1.807) is 12.1 Å². The first-order valence-electron chi connectivity index (χ1n) is 7.14. The molecule has 0 radical (unpaired) electrons. The minimum Gasteiger partial charge on any atom is -0.467 e. The van der Waals surface area contributed by atoms with E-state index in [0.717, 1.165) is 17.0 Å². The highest BCUT2D eigenvalue weighted by Crippen LogP contribution is 2.23. The van der Waals surface area contributed by atoms with Crippen LogP contribution in [-0.4, -0.2) is 43.0 Å². The van der Waals surface area contributed by atoms with Gasteiger partial charge in [0.05, 0.1) is 37.7 Å². The Labute approximate surface area is 133 Å². The quantitative estimate of drug-likeness (QED) is 0.811. The third-order valence-corrected chi connectivity index (χ3v) is 3.83. The lowest BCUT2D eigenvalue weighted by atomic mass is 10.0. The second-order valence-electron chi connectivity index (χ2n) is 5.10. The minimum absolute atomic E-state index is 0.314. The molecular formula is C17H16N2O4. The zero-order valence-corrected chi connectivity index (χ0v) is 12.9. The van der Waals surface area contributed by atoms with Gasteiger partial charge in [-0.05, 0) is 24.3 Å².